The Kier molecular flexibility index (Phi) is 5.78. The fourth-order valence-electron chi connectivity index (χ4n) is 1.75. The van der Waals surface area contributed by atoms with Crippen molar-refractivity contribution < 1.29 is 8.42 Å². The maximum atomic E-state index is 12.3. The predicted molar refractivity (Wildman–Crippen MR) is 78.9 cm³/mol. The highest BCUT2D eigenvalue weighted by Gasteiger charge is 2.20. The Labute approximate surface area is 116 Å². The van der Waals surface area contributed by atoms with Crippen LogP contribution in [0.25, 0.3) is 0 Å². The summed E-state index contributed by atoms with van der Waals surface area (Å²) in [6, 6.07) is 6.78. The van der Waals surface area contributed by atoms with Gasteiger partial charge in [0.1, 0.15) is 4.90 Å². The average molecular weight is 285 g/mol. The molecule has 5 nitrogen and oxygen atoms in total. The summed E-state index contributed by atoms with van der Waals surface area (Å²) in [7, 11) is 2.17. The fourth-order valence-corrected chi connectivity index (χ4v) is 3.24. The van der Waals surface area contributed by atoms with E-state index in [0.29, 0.717) is 5.69 Å². The standard InChI is InChI=1S/C13H23N3O2S/c1-11(9-10-16(3)4)15-19(17,18)13-8-6-5-7-12(13)14-2/h5-8,11,14-15H,9-10H2,1-4H3. The third-order valence-corrected chi connectivity index (χ3v) is 4.46. The Morgan fingerprint density at radius 1 is 1.26 bits per heavy atom. The molecule has 0 heterocycles. The van der Waals surface area contributed by atoms with Crippen LogP contribution in [-0.2, 0) is 10.0 Å². The minimum Gasteiger partial charge on any atom is -0.387 e. The van der Waals surface area contributed by atoms with Crippen LogP contribution in [0.4, 0.5) is 5.69 Å². The van der Waals surface area contributed by atoms with Crippen molar-refractivity contribution in [3.05, 3.63) is 24.3 Å². The summed E-state index contributed by atoms with van der Waals surface area (Å²) in [6.45, 7) is 2.72. The second kappa shape index (κ2) is 6.88. The zero-order valence-electron chi connectivity index (χ0n) is 12.0. The van der Waals surface area contributed by atoms with E-state index in [-0.39, 0.29) is 10.9 Å². The van der Waals surface area contributed by atoms with Gasteiger partial charge in [-0.2, -0.15) is 0 Å². The molecule has 0 aromatic heterocycles. The summed E-state index contributed by atoms with van der Waals surface area (Å²) >= 11 is 0. The molecule has 0 aliphatic rings. The van der Waals surface area contributed by atoms with Crippen LogP contribution in [0.2, 0.25) is 0 Å². The molecular formula is C13H23N3O2S. The molecule has 0 spiro atoms. The number of nitrogens with one attached hydrogen (secondary N) is 2. The van der Waals surface area contributed by atoms with Crippen molar-refractivity contribution in [2.75, 3.05) is 33.0 Å². The van der Waals surface area contributed by atoms with Crippen molar-refractivity contribution in [3.8, 4) is 0 Å². The summed E-state index contributed by atoms with van der Waals surface area (Å²) in [4.78, 5) is 2.32. The van der Waals surface area contributed by atoms with Crippen molar-refractivity contribution in [2.24, 2.45) is 0 Å². The molecule has 0 bridgehead atoms. The van der Waals surface area contributed by atoms with Crippen LogP contribution in [0.1, 0.15) is 13.3 Å². The van der Waals surface area contributed by atoms with Gasteiger partial charge in [-0.25, -0.2) is 13.1 Å². The molecule has 108 valence electrons. The molecule has 1 rings (SSSR count). The van der Waals surface area contributed by atoms with Crippen LogP contribution in [0.5, 0.6) is 0 Å². The molecule has 0 saturated carbocycles. The summed E-state index contributed by atoms with van der Waals surface area (Å²) in [5.41, 5.74) is 0.606. The van der Waals surface area contributed by atoms with Gasteiger partial charge in [0, 0.05) is 13.1 Å². The molecule has 0 fully saturated rings. The molecule has 1 aromatic rings. The summed E-state index contributed by atoms with van der Waals surface area (Å²) in [5, 5.41) is 2.90. The molecule has 1 unspecified atom stereocenters. The molecule has 19 heavy (non-hydrogen) atoms. The second-order valence-electron chi connectivity index (χ2n) is 4.86. The maximum Gasteiger partial charge on any atom is 0.242 e. The van der Waals surface area contributed by atoms with E-state index >= 15 is 0 Å². The highest BCUT2D eigenvalue weighted by atomic mass is 32.2. The van der Waals surface area contributed by atoms with E-state index in [1.807, 2.05) is 25.9 Å². The van der Waals surface area contributed by atoms with Crippen molar-refractivity contribution in [3.63, 3.8) is 0 Å². The zero-order valence-corrected chi connectivity index (χ0v) is 12.8. The van der Waals surface area contributed by atoms with Crippen LogP contribution in [0.15, 0.2) is 29.2 Å². The Hall–Kier alpha value is -1.11. The Morgan fingerprint density at radius 2 is 1.89 bits per heavy atom. The van der Waals surface area contributed by atoms with Crippen molar-refractivity contribution >= 4 is 15.7 Å². The SMILES string of the molecule is CNc1ccccc1S(=O)(=O)NC(C)CCN(C)C. The number of rotatable bonds is 7. The Morgan fingerprint density at radius 3 is 2.47 bits per heavy atom. The number of nitrogens with zero attached hydrogens (tertiary/aromatic N) is 1. The number of para-hydroxylation sites is 1. The Balaban J connectivity index is 2.81. The van der Waals surface area contributed by atoms with Crippen molar-refractivity contribution in [2.45, 2.75) is 24.3 Å². The van der Waals surface area contributed by atoms with Crippen LogP contribution in [-0.4, -0.2) is 47.0 Å². The summed E-state index contributed by atoms with van der Waals surface area (Å²) < 4.78 is 27.3. The van der Waals surface area contributed by atoms with Crippen molar-refractivity contribution in [1.82, 2.24) is 9.62 Å². The first-order chi connectivity index (χ1) is 8.86. The molecule has 6 heteroatoms. The largest absolute Gasteiger partial charge is 0.387 e. The lowest BCUT2D eigenvalue weighted by Gasteiger charge is -2.18. The smallest absolute Gasteiger partial charge is 0.242 e. The van der Waals surface area contributed by atoms with Crippen LogP contribution < -0.4 is 10.0 Å². The molecule has 0 amide bonds. The van der Waals surface area contributed by atoms with E-state index in [1.54, 1.807) is 31.3 Å². The first-order valence-electron chi connectivity index (χ1n) is 6.30. The van der Waals surface area contributed by atoms with E-state index in [9.17, 15) is 8.42 Å². The molecular weight excluding hydrogens is 262 g/mol. The lowest BCUT2D eigenvalue weighted by Crippen LogP contribution is -2.35. The number of hydrogen-bond donors (Lipinski definition) is 2. The monoisotopic (exact) mass is 285 g/mol. The third kappa shape index (κ3) is 4.81. The first kappa shape index (κ1) is 15.9. The van der Waals surface area contributed by atoms with E-state index in [4.69, 9.17) is 0 Å². The summed E-state index contributed by atoms with van der Waals surface area (Å²) in [6.07, 6.45) is 0.772. The van der Waals surface area contributed by atoms with Crippen LogP contribution >= 0.6 is 0 Å². The minimum atomic E-state index is -3.48. The van der Waals surface area contributed by atoms with E-state index in [0.717, 1.165) is 13.0 Å². The maximum absolute atomic E-state index is 12.3. The van der Waals surface area contributed by atoms with Crippen LogP contribution in [0, 0.1) is 0 Å². The van der Waals surface area contributed by atoms with Gasteiger partial charge >= 0.3 is 0 Å². The number of sulfonamides is 1. The molecule has 1 atom stereocenters. The minimum absolute atomic E-state index is 0.0997. The van der Waals surface area contributed by atoms with Gasteiger partial charge in [0.25, 0.3) is 0 Å². The van der Waals surface area contributed by atoms with E-state index in [2.05, 4.69) is 10.0 Å². The number of hydrogen-bond acceptors (Lipinski definition) is 4. The molecule has 2 N–H and O–H groups in total. The molecule has 0 radical (unpaired) electrons. The lowest BCUT2D eigenvalue weighted by atomic mass is 10.2. The normalized spacial score (nSPS) is 13.5. The number of anilines is 1. The predicted octanol–water partition coefficient (Wildman–Crippen LogP) is 1.35. The molecule has 1 aromatic carbocycles. The van der Waals surface area contributed by atoms with E-state index in [1.165, 1.54) is 0 Å². The Bertz CT molecular complexity index is 500. The quantitative estimate of drug-likeness (QED) is 0.794. The van der Waals surface area contributed by atoms with Crippen LogP contribution in [0.3, 0.4) is 0 Å². The third-order valence-electron chi connectivity index (χ3n) is 2.81. The highest BCUT2D eigenvalue weighted by Crippen LogP contribution is 2.20. The van der Waals surface area contributed by atoms with Gasteiger partial charge < -0.3 is 10.2 Å². The first-order valence-corrected chi connectivity index (χ1v) is 7.79. The topological polar surface area (TPSA) is 61.4 Å². The number of benzene rings is 1. The van der Waals surface area contributed by atoms with E-state index < -0.39 is 10.0 Å². The van der Waals surface area contributed by atoms with Gasteiger partial charge in [-0.3, -0.25) is 0 Å². The lowest BCUT2D eigenvalue weighted by molar-refractivity contribution is 0.379. The zero-order chi connectivity index (χ0) is 14.5. The molecule has 0 aliphatic heterocycles. The van der Waals surface area contributed by atoms with Gasteiger partial charge in [0.2, 0.25) is 10.0 Å². The van der Waals surface area contributed by atoms with Gasteiger partial charge in [-0.1, -0.05) is 12.1 Å². The second-order valence-corrected chi connectivity index (χ2v) is 6.54. The van der Waals surface area contributed by atoms with Crippen molar-refractivity contribution in [1.29, 1.82) is 0 Å². The van der Waals surface area contributed by atoms with Gasteiger partial charge in [-0.15, -0.1) is 0 Å². The summed E-state index contributed by atoms with van der Waals surface area (Å²) in [5.74, 6) is 0. The van der Waals surface area contributed by atoms with Gasteiger partial charge in [0.05, 0.1) is 5.69 Å². The highest BCUT2D eigenvalue weighted by molar-refractivity contribution is 7.89. The van der Waals surface area contributed by atoms with Gasteiger partial charge in [-0.05, 0) is 46.1 Å². The molecule has 0 aliphatic carbocycles. The molecule has 0 saturated heterocycles. The fraction of sp³-hybridized carbons (Fsp3) is 0.538. The average Bonchev–Trinajstić information content (AvgIpc) is 2.35. The van der Waals surface area contributed by atoms with Gasteiger partial charge in [0.15, 0.2) is 0 Å².